The van der Waals surface area contributed by atoms with Crippen LogP contribution in [0.15, 0.2) is 98.0 Å². The van der Waals surface area contributed by atoms with E-state index in [1.807, 2.05) is 30.3 Å². The molecule has 1 aliphatic heterocycles. The molecule has 0 bridgehead atoms. The number of hydrogen-bond acceptors (Lipinski definition) is 10. The third-order valence-electron chi connectivity index (χ3n) is 6.59. The first-order valence-electron chi connectivity index (χ1n) is 13.1. The second-order valence-corrected chi connectivity index (χ2v) is 10.2. The van der Waals surface area contributed by atoms with Crippen molar-refractivity contribution in [1.82, 2.24) is 4.57 Å². The van der Waals surface area contributed by atoms with E-state index in [4.69, 9.17) is 14.2 Å². The number of ether oxygens (including phenoxy) is 3. The standard InChI is InChI=1S/C31H28N4O6S/c1-5-41-30(38)27-18(2)32-31-35(28(27)23-17-22(39-3)13-14-25(23)40-4)29(37)26(42-31)15-19-11-12-21(16-24(19)36)34-33-20-9-7-6-8-10-20/h6-17,28,36H,5H2,1-4H3/b26-15-,34-33?/t28-/m1/s1. The second-order valence-electron chi connectivity index (χ2n) is 9.19. The highest BCUT2D eigenvalue weighted by Crippen LogP contribution is 2.38. The fourth-order valence-electron chi connectivity index (χ4n) is 4.61. The summed E-state index contributed by atoms with van der Waals surface area (Å²) in [6.07, 6.45) is 1.58. The highest BCUT2D eigenvalue weighted by atomic mass is 32.1. The highest BCUT2D eigenvalue weighted by molar-refractivity contribution is 7.07. The number of thiazole rings is 1. The van der Waals surface area contributed by atoms with Crippen LogP contribution in [-0.4, -0.2) is 36.5 Å². The van der Waals surface area contributed by atoms with Gasteiger partial charge in [0.05, 0.1) is 48.0 Å². The van der Waals surface area contributed by atoms with Gasteiger partial charge in [-0.1, -0.05) is 29.5 Å². The van der Waals surface area contributed by atoms with E-state index in [-0.39, 0.29) is 17.9 Å². The Hall–Kier alpha value is -5.03. The summed E-state index contributed by atoms with van der Waals surface area (Å²) >= 11 is 1.15. The topological polar surface area (TPSA) is 124 Å². The van der Waals surface area contributed by atoms with Crippen LogP contribution >= 0.6 is 11.3 Å². The van der Waals surface area contributed by atoms with E-state index in [0.717, 1.165) is 11.3 Å². The summed E-state index contributed by atoms with van der Waals surface area (Å²) in [6, 6.07) is 18.4. The SMILES string of the molecule is CCOC(=O)C1=C(C)N=c2s/c(=C\c3ccc(N=Nc4ccccc4)cc3O)c(=O)n2[C@@H]1c1cc(OC)ccc1OC. The number of azo groups is 1. The number of phenols is 1. The van der Waals surface area contributed by atoms with Crippen molar-refractivity contribution >= 4 is 34.8 Å². The lowest BCUT2D eigenvalue weighted by atomic mass is 9.94. The zero-order valence-electron chi connectivity index (χ0n) is 23.4. The van der Waals surface area contributed by atoms with Gasteiger partial charge in [-0.05, 0) is 62.4 Å². The molecule has 1 aliphatic rings. The number of carbonyl (C=O) groups excluding carboxylic acids is 1. The third-order valence-corrected chi connectivity index (χ3v) is 7.57. The molecule has 0 radical (unpaired) electrons. The van der Waals surface area contributed by atoms with Crippen molar-refractivity contribution in [2.45, 2.75) is 19.9 Å². The van der Waals surface area contributed by atoms with Crippen molar-refractivity contribution < 1.29 is 24.1 Å². The number of benzene rings is 3. The predicted octanol–water partition coefficient (Wildman–Crippen LogP) is 4.94. The van der Waals surface area contributed by atoms with Crippen molar-refractivity contribution in [2.24, 2.45) is 15.2 Å². The molecule has 1 N–H and O–H groups in total. The summed E-state index contributed by atoms with van der Waals surface area (Å²) in [5.41, 5.74) is 2.34. The van der Waals surface area contributed by atoms with Gasteiger partial charge in [-0.15, -0.1) is 0 Å². The van der Waals surface area contributed by atoms with E-state index in [1.165, 1.54) is 24.9 Å². The summed E-state index contributed by atoms with van der Waals surface area (Å²) in [6.45, 7) is 3.57. The lowest BCUT2D eigenvalue weighted by Gasteiger charge is -2.26. The van der Waals surface area contributed by atoms with Gasteiger partial charge in [0.25, 0.3) is 5.56 Å². The van der Waals surface area contributed by atoms with Crippen molar-refractivity contribution in [3.05, 3.63) is 109 Å². The molecule has 0 unspecified atom stereocenters. The van der Waals surface area contributed by atoms with E-state index in [1.54, 1.807) is 50.3 Å². The Bertz CT molecular complexity index is 1890. The molecule has 2 heterocycles. The molecule has 3 aromatic carbocycles. The number of aromatic hydroxyl groups is 1. The number of carbonyl (C=O) groups is 1. The van der Waals surface area contributed by atoms with Crippen LogP contribution in [0, 0.1) is 0 Å². The summed E-state index contributed by atoms with van der Waals surface area (Å²) in [5, 5.41) is 19.1. The van der Waals surface area contributed by atoms with Crippen molar-refractivity contribution in [3.63, 3.8) is 0 Å². The fraction of sp³-hybridized carbons (Fsp3) is 0.194. The maximum atomic E-state index is 13.9. The Morgan fingerprint density at radius 3 is 2.50 bits per heavy atom. The molecule has 0 saturated carbocycles. The molecule has 0 fully saturated rings. The van der Waals surface area contributed by atoms with Crippen LogP contribution in [0.3, 0.4) is 0 Å². The van der Waals surface area contributed by atoms with Gasteiger partial charge in [-0.25, -0.2) is 9.79 Å². The van der Waals surface area contributed by atoms with Gasteiger partial charge in [-0.2, -0.15) is 10.2 Å². The number of methoxy groups -OCH3 is 2. The van der Waals surface area contributed by atoms with Crippen molar-refractivity contribution in [3.8, 4) is 17.2 Å². The molecule has 11 heteroatoms. The minimum atomic E-state index is -0.887. The molecule has 4 aromatic rings. The van der Waals surface area contributed by atoms with Gasteiger partial charge < -0.3 is 19.3 Å². The lowest BCUT2D eigenvalue weighted by molar-refractivity contribution is -0.139. The van der Waals surface area contributed by atoms with Gasteiger partial charge >= 0.3 is 5.97 Å². The first-order chi connectivity index (χ1) is 20.3. The average molecular weight is 585 g/mol. The molecule has 0 spiro atoms. The minimum absolute atomic E-state index is 0.0697. The molecule has 42 heavy (non-hydrogen) atoms. The first kappa shape index (κ1) is 28.5. The Labute approximate surface area is 245 Å². The van der Waals surface area contributed by atoms with Gasteiger partial charge in [0.15, 0.2) is 4.80 Å². The van der Waals surface area contributed by atoms with Crippen LogP contribution in [0.2, 0.25) is 0 Å². The first-order valence-corrected chi connectivity index (χ1v) is 13.9. The zero-order valence-corrected chi connectivity index (χ0v) is 24.2. The number of phenolic OH excluding ortho intramolecular Hbond substituents is 1. The predicted molar refractivity (Wildman–Crippen MR) is 159 cm³/mol. The normalized spacial score (nSPS) is 15.0. The molecule has 214 valence electrons. The van der Waals surface area contributed by atoms with E-state index >= 15 is 0 Å². The summed E-state index contributed by atoms with van der Waals surface area (Å²) in [4.78, 5) is 32.1. The van der Waals surface area contributed by atoms with Gasteiger partial charge in [0.2, 0.25) is 0 Å². The molecule has 1 atom stereocenters. The maximum Gasteiger partial charge on any atom is 0.338 e. The maximum absolute atomic E-state index is 13.9. The van der Waals surface area contributed by atoms with E-state index < -0.39 is 17.6 Å². The van der Waals surface area contributed by atoms with Crippen LogP contribution < -0.4 is 24.4 Å². The van der Waals surface area contributed by atoms with Gasteiger partial charge in [0.1, 0.15) is 23.3 Å². The summed E-state index contributed by atoms with van der Waals surface area (Å²) in [7, 11) is 3.05. The van der Waals surface area contributed by atoms with Crippen LogP contribution in [0.5, 0.6) is 17.2 Å². The minimum Gasteiger partial charge on any atom is -0.507 e. The molecule has 0 amide bonds. The number of nitrogens with zero attached hydrogens (tertiary/aromatic N) is 4. The monoisotopic (exact) mass is 584 g/mol. The Morgan fingerprint density at radius 1 is 1.05 bits per heavy atom. The second kappa shape index (κ2) is 12.2. The molecule has 1 aromatic heterocycles. The number of aromatic nitrogens is 1. The van der Waals surface area contributed by atoms with Gasteiger partial charge in [-0.3, -0.25) is 9.36 Å². The largest absolute Gasteiger partial charge is 0.507 e. The van der Waals surface area contributed by atoms with Crippen LogP contribution in [0.25, 0.3) is 6.08 Å². The number of rotatable bonds is 8. The van der Waals surface area contributed by atoms with Crippen LogP contribution in [-0.2, 0) is 9.53 Å². The molecule has 0 aliphatic carbocycles. The molecule has 0 saturated heterocycles. The van der Waals surface area contributed by atoms with Crippen molar-refractivity contribution in [2.75, 3.05) is 20.8 Å². The fourth-order valence-corrected chi connectivity index (χ4v) is 5.64. The number of hydrogen-bond donors (Lipinski definition) is 1. The average Bonchev–Trinajstić information content (AvgIpc) is 3.30. The molecular formula is C31H28N4O6S. The number of allylic oxidation sites excluding steroid dienone is 1. The van der Waals surface area contributed by atoms with Gasteiger partial charge in [0, 0.05) is 17.2 Å². The molecular weight excluding hydrogens is 556 g/mol. The molecule has 10 nitrogen and oxygen atoms in total. The Kier molecular flexibility index (Phi) is 8.30. The van der Waals surface area contributed by atoms with Crippen molar-refractivity contribution in [1.29, 1.82) is 0 Å². The van der Waals surface area contributed by atoms with Crippen LogP contribution in [0.4, 0.5) is 11.4 Å². The smallest absolute Gasteiger partial charge is 0.338 e. The lowest BCUT2D eigenvalue weighted by Crippen LogP contribution is -2.40. The summed E-state index contributed by atoms with van der Waals surface area (Å²) < 4.78 is 18.2. The van der Waals surface area contributed by atoms with E-state index in [2.05, 4.69) is 15.2 Å². The Balaban J connectivity index is 1.63. The van der Waals surface area contributed by atoms with E-state index in [0.29, 0.717) is 49.0 Å². The number of fused-ring (bicyclic) bond motifs is 1. The number of esters is 1. The quantitative estimate of drug-likeness (QED) is 0.231. The summed E-state index contributed by atoms with van der Waals surface area (Å²) in [5.74, 6) is 0.338. The van der Waals surface area contributed by atoms with Crippen LogP contribution in [0.1, 0.15) is 31.0 Å². The Morgan fingerprint density at radius 2 is 1.81 bits per heavy atom. The molecule has 5 rings (SSSR count). The van der Waals surface area contributed by atoms with E-state index in [9.17, 15) is 14.7 Å². The zero-order chi connectivity index (χ0) is 29.8. The highest BCUT2D eigenvalue weighted by Gasteiger charge is 2.35. The third kappa shape index (κ3) is 5.59.